The van der Waals surface area contributed by atoms with Gasteiger partial charge in [0.1, 0.15) is 5.56 Å². The van der Waals surface area contributed by atoms with Gasteiger partial charge in [0, 0.05) is 0 Å². The van der Waals surface area contributed by atoms with Crippen molar-refractivity contribution in [2.24, 2.45) is 0 Å². The molecule has 0 aromatic carbocycles. The van der Waals surface area contributed by atoms with Gasteiger partial charge in [-0.3, -0.25) is 4.18 Å². The van der Waals surface area contributed by atoms with Gasteiger partial charge in [0.25, 0.3) is 11.0 Å². The highest BCUT2D eigenvalue weighted by molar-refractivity contribution is 7.67. The molecule has 0 spiro atoms. The van der Waals surface area contributed by atoms with Crippen LogP contribution in [0.5, 0.6) is 0 Å². The average molecular weight is 159 g/mol. The molecule has 0 fully saturated rings. The van der Waals surface area contributed by atoms with Crippen LogP contribution in [-0.2, 0) is 15.2 Å². The van der Waals surface area contributed by atoms with E-state index in [1.165, 1.54) is 0 Å². The predicted octanol–water partition coefficient (Wildman–Crippen LogP) is 0.504. The van der Waals surface area contributed by atoms with E-state index in [1.54, 1.807) is 6.92 Å². The van der Waals surface area contributed by atoms with Gasteiger partial charge in [-0.25, -0.2) is 8.42 Å². The Morgan fingerprint density at radius 1 is 1.75 bits per heavy atom. The summed E-state index contributed by atoms with van der Waals surface area (Å²) in [6, 6.07) is 0. The molecule has 0 aliphatic heterocycles. The fraction of sp³-hybridized carbons (Fsp3) is 1.00. The van der Waals surface area contributed by atoms with Gasteiger partial charge in [-0.2, -0.15) is 0 Å². The van der Waals surface area contributed by atoms with E-state index in [0.717, 1.165) is 0 Å². The zero-order valence-corrected chi connectivity index (χ0v) is 5.98. The zero-order chi connectivity index (χ0) is 6.57. The Kier molecular flexibility index (Phi) is 4.22. The van der Waals surface area contributed by atoms with Gasteiger partial charge in [0.2, 0.25) is 0 Å². The summed E-state index contributed by atoms with van der Waals surface area (Å²) in [6.45, 7) is 1.73. The molecular formula is C3H7ClO3S. The summed E-state index contributed by atoms with van der Waals surface area (Å²) in [5, 5.41) is 0. The Balaban J connectivity index is 3.39. The Morgan fingerprint density at radius 2 is 2.25 bits per heavy atom. The zero-order valence-electron chi connectivity index (χ0n) is 4.33. The Labute approximate surface area is 54.8 Å². The number of hydrogen-bond donors (Lipinski definition) is 1. The van der Waals surface area contributed by atoms with Crippen LogP contribution in [0.4, 0.5) is 0 Å². The molecule has 5 heteroatoms. The third kappa shape index (κ3) is 4.36. The van der Waals surface area contributed by atoms with E-state index in [9.17, 15) is 8.42 Å². The van der Waals surface area contributed by atoms with Gasteiger partial charge in [0.15, 0.2) is 0 Å². The summed E-state index contributed by atoms with van der Waals surface area (Å²) in [5.74, 6) is 0. The van der Waals surface area contributed by atoms with Crippen molar-refractivity contribution in [3.8, 4) is 0 Å². The highest BCUT2D eigenvalue weighted by Crippen LogP contribution is 2.01. The summed E-state index contributed by atoms with van der Waals surface area (Å²) in [4.78, 5) is 0. The normalized spacial score (nSPS) is 14.4. The molecule has 1 atom stereocenters. The highest BCUT2D eigenvalue weighted by Gasteiger charge is 1.99. The molecule has 8 heavy (non-hydrogen) atoms. The van der Waals surface area contributed by atoms with Crippen molar-refractivity contribution >= 4 is 22.6 Å². The van der Waals surface area contributed by atoms with Gasteiger partial charge >= 0.3 is 0 Å². The van der Waals surface area contributed by atoms with Crippen LogP contribution >= 0.6 is 11.6 Å². The highest BCUT2D eigenvalue weighted by atomic mass is 35.5. The predicted molar refractivity (Wildman–Crippen MR) is 31.3 cm³/mol. The first-order valence-corrected chi connectivity index (χ1v) is 3.65. The number of thiol groups is 1. The minimum atomic E-state index is -2.78. The topological polar surface area (TPSA) is 43.4 Å². The molecule has 0 aliphatic rings. The van der Waals surface area contributed by atoms with E-state index in [-0.39, 0.29) is 0 Å². The van der Waals surface area contributed by atoms with Crippen LogP contribution in [0.1, 0.15) is 13.3 Å². The van der Waals surface area contributed by atoms with Crippen molar-refractivity contribution in [1.29, 1.82) is 0 Å². The second-order valence-corrected chi connectivity index (χ2v) is 2.29. The first-order valence-electron chi connectivity index (χ1n) is 2.12. The third-order valence-electron chi connectivity index (χ3n) is 0.521. The molecule has 0 bridgehead atoms. The first-order chi connectivity index (χ1) is 3.66. The van der Waals surface area contributed by atoms with Crippen LogP contribution in [0.2, 0.25) is 0 Å². The summed E-state index contributed by atoms with van der Waals surface area (Å²) in [5.41, 5.74) is -0.698. The molecule has 0 rings (SSSR count). The minimum Gasteiger partial charge on any atom is -0.253 e. The molecule has 3 nitrogen and oxygen atoms in total. The van der Waals surface area contributed by atoms with Crippen LogP contribution in [0.25, 0.3) is 0 Å². The second kappa shape index (κ2) is 4.12. The van der Waals surface area contributed by atoms with Crippen molar-refractivity contribution in [2.45, 2.75) is 18.9 Å². The standard InChI is InChI=1S/C3H7ClO3S/c1-2-3(4)7-8(5)6/h3,8H,2H2,1H3. The quantitative estimate of drug-likeness (QED) is 0.481. The lowest BCUT2D eigenvalue weighted by Gasteiger charge is -1.97. The van der Waals surface area contributed by atoms with Gasteiger partial charge in [-0.15, -0.1) is 0 Å². The van der Waals surface area contributed by atoms with E-state index in [0.29, 0.717) is 6.42 Å². The first kappa shape index (κ1) is 8.20. The van der Waals surface area contributed by atoms with Gasteiger partial charge < -0.3 is 0 Å². The lowest BCUT2D eigenvalue weighted by atomic mass is 10.5. The summed E-state index contributed by atoms with van der Waals surface area (Å²) < 4.78 is 23.5. The molecule has 1 unspecified atom stereocenters. The number of rotatable bonds is 3. The SMILES string of the molecule is CCC(Cl)O[SH](=O)=O. The molecule has 0 heterocycles. The molecule has 0 amide bonds. The van der Waals surface area contributed by atoms with Crippen LogP contribution in [-0.4, -0.2) is 14.0 Å². The van der Waals surface area contributed by atoms with Crippen molar-refractivity contribution in [3.63, 3.8) is 0 Å². The molecular weight excluding hydrogens is 152 g/mol. The maximum absolute atomic E-state index is 9.70. The fourth-order valence-electron chi connectivity index (χ4n) is 0.168. The molecule has 0 aromatic rings. The van der Waals surface area contributed by atoms with Crippen LogP contribution in [0, 0.1) is 0 Å². The summed E-state index contributed by atoms with van der Waals surface area (Å²) in [6.07, 6.45) is 0.491. The second-order valence-electron chi connectivity index (χ2n) is 1.15. The van der Waals surface area contributed by atoms with Crippen molar-refractivity contribution in [2.75, 3.05) is 0 Å². The van der Waals surface area contributed by atoms with Gasteiger partial charge in [-0.05, 0) is 6.42 Å². The van der Waals surface area contributed by atoms with Crippen molar-refractivity contribution in [1.82, 2.24) is 0 Å². The van der Waals surface area contributed by atoms with Crippen molar-refractivity contribution < 1.29 is 12.6 Å². The third-order valence-corrected chi connectivity index (χ3v) is 1.47. The number of hydrogen-bond acceptors (Lipinski definition) is 3. The molecule has 0 saturated carbocycles. The minimum absolute atomic E-state index is 0.491. The summed E-state index contributed by atoms with van der Waals surface area (Å²) in [7, 11) is -2.78. The average Bonchev–Trinajstić information content (AvgIpc) is 1.65. The maximum atomic E-state index is 9.70. The van der Waals surface area contributed by atoms with Crippen LogP contribution in [0.15, 0.2) is 0 Å². The lowest BCUT2D eigenvalue weighted by molar-refractivity contribution is 0.294. The Bertz CT molecular complexity index is 114. The van der Waals surface area contributed by atoms with E-state index in [1.807, 2.05) is 0 Å². The monoisotopic (exact) mass is 158 g/mol. The van der Waals surface area contributed by atoms with Crippen LogP contribution < -0.4 is 0 Å². The van der Waals surface area contributed by atoms with Gasteiger partial charge in [0.05, 0.1) is 0 Å². The van der Waals surface area contributed by atoms with E-state index in [2.05, 4.69) is 4.18 Å². The van der Waals surface area contributed by atoms with E-state index >= 15 is 0 Å². The maximum Gasteiger partial charge on any atom is 0.258 e. The molecule has 0 radical (unpaired) electrons. The molecule has 0 saturated heterocycles. The number of halogens is 1. The van der Waals surface area contributed by atoms with E-state index < -0.39 is 16.5 Å². The largest absolute Gasteiger partial charge is 0.258 e. The summed E-state index contributed by atoms with van der Waals surface area (Å²) >= 11 is 5.25. The smallest absolute Gasteiger partial charge is 0.253 e. The molecule has 0 aromatic heterocycles. The van der Waals surface area contributed by atoms with Crippen molar-refractivity contribution in [3.05, 3.63) is 0 Å². The van der Waals surface area contributed by atoms with E-state index in [4.69, 9.17) is 11.6 Å². The Hall–Kier alpha value is 0.200. The fourth-order valence-corrected chi connectivity index (χ4v) is 0.699. The molecule has 0 aliphatic carbocycles. The lowest BCUT2D eigenvalue weighted by Crippen LogP contribution is -2.00. The Morgan fingerprint density at radius 3 is 2.38 bits per heavy atom. The van der Waals surface area contributed by atoms with Crippen LogP contribution in [0.3, 0.4) is 0 Å². The molecule has 50 valence electrons. The van der Waals surface area contributed by atoms with Gasteiger partial charge in [-0.1, -0.05) is 18.5 Å². The number of alkyl halides is 1. The molecule has 0 N–H and O–H groups in total.